The second kappa shape index (κ2) is 89.1. The number of esters is 3. The molecule has 0 heterocycles. The van der Waals surface area contributed by atoms with E-state index in [1.54, 1.807) is 0 Å². The average molecular weight is 1670 g/mol. The molecule has 0 aliphatic heterocycles. The second-order valence-electron chi connectivity index (χ2n) is 29.3. The van der Waals surface area contributed by atoms with Crippen LogP contribution in [0.3, 0.4) is 0 Å². The van der Waals surface area contributed by atoms with Crippen molar-refractivity contribution in [3.8, 4) is 0 Å². The molecule has 0 aromatic heterocycles. The number of rotatable bonds is 83. The van der Waals surface area contributed by atoms with E-state index in [9.17, 15) is 43.5 Å². The third-order valence-electron chi connectivity index (χ3n) is 18.2. The molecule has 0 saturated carbocycles. The first-order valence-corrected chi connectivity index (χ1v) is 48.0. The van der Waals surface area contributed by atoms with Crippen molar-refractivity contribution in [3.05, 3.63) is 219 Å². The fourth-order valence-corrected chi connectivity index (χ4v) is 13.0. The summed E-state index contributed by atoms with van der Waals surface area (Å²) in [5.74, 6) is -1.64. The lowest BCUT2D eigenvalue weighted by Gasteiger charge is -2.21. The summed E-state index contributed by atoms with van der Waals surface area (Å²) < 4.78 is 61.4. The van der Waals surface area contributed by atoms with E-state index in [0.717, 1.165) is 186 Å². The number of carbonyl (C=O) groups excluding carboxylic acids is 3. The molecule has 0 amide bonds. The molecule has 0 aliphatic rings. The summed E-state index contributed by atoms with van der Waals surface area (Å²) in [6.45, 7) is 2.28. The monoisotopic (exact) mass is 1670 g/mol. The minimum absolute atomic E-state index is 0.0596. The van der Waals surface area contributed by atoms with Crippen LogP contribution in [0.4, 0.5) is 0 Å². The lowest BCUT2D eigenvalue weighted by Crippen LogP contribution is -2.30. The van der Waals surface area contributed by atoms with E-state index in [1.165, 1.54) is 83.5 Å². The van der Waals surface area contributed by atoms with Crippen molar-refractivity contribution in [3.63, 3.8) is 0 Å². The quantitative estimate of drug-likeness (QED) is 0.0146. The van der Waals surface area contributed by atoms with Gasteiger partial charge < -0.3 is 34.2 Å². The smallest absolute Gasteiger partial charge is 0.463 e. The SMILES string of the molecule is CC/C=C\C/C=C\C/C=C\C/C=C\C/C=C\C/C=C\CCCCCCCCCCCCCCCCCCC(=O)OCC(O)COP(=O)(O)OCC(O)COP(=O)(O)OCC(COC(=O)CCCCCC/C=C\C/C=C\C/C=C\C/C=C\C/C=C\C/C=C\CC)OC(=O)CCCCCC/C=C\C/C=C\C/C=C\C/C=C\C/C=C\C/C=C\CC. The minimum atomic E-state index is -4.96. The molecule has 0 saturated heterocycles. The maximum absolute atomic E-state index is 13.0. The van der Waals surface area contributed by atoms with Crippen LogP contribution in [0.15, 0.2) is 219 Å². The van der Waals surface area contributed by atoms with E-state index in [-0.39, 0.29) is 19.3 Å². The molecule has 117 heavy (non-hydrogen) atoms. The highest BCUT2D eigenvalue weighted by molar-refractivity contribution is 7.47. The van der Waals surface area contributed by atoms with Gasteiger partial charge >= 0.3 is 33.6 Å². The number of phosphoric acid groups is 2. The fraction of sp³-hybridized carbons (Fsp3) is 0.606. The Bertz CT molecular complexity index is 3010. The van der Waals surface area contributed by atoms with E-state index in [2.05, 4.69) is 240 Å². The molecule has 0 aliphatic carbocycles. The standard InChI is InChI=1S/C99H160O16P2/c1-4-7-10-13-16-19-22-25-28-31-34-37-40-41-42-43-44-45-46-47-48-49-50-51-54-56-58-61-64-67-70-73-76-79-82-85-97(102)109-88-94(100)89-111-116(105,106)112-90-95(101)91-113-117(107,108)114-93-96(115-99(104)87-84-81-78-75-72-69-66-63-60-57-53-39-36-33-30-27-24-21-18-15-12-9-6-3)92-110-98(103)86-83-80-77-74-71-68-65-62-59-55-52-38-35-32-29-26-23-20-17-14-11-8-5-2/h7-12,16-21,25-30,34-39,41-42,44-45,55,57,59-60,65-66,68-69,94-96,100-101H,4-6,13-15,22-24,31-33,40,43,46-54,56,58,61-64,67,70-93H2,1-3H3,(H,105,106)(H,107,108)/b10-7-,11-8-,12-9-,19-16-,20-17-,21-18-,28-25-,29-26-,30-27-,37-34-,38-35-,39-36-,42-41-,45-44-,59-55-,60-57-,68-65-,69-66-. The molecule has 18 heteroatoms. The molecular weight excluding hydrogens is 1510 g/mol. The van der Waals surface area contributed by atoms with E-state index < -0.39 is 91.5 Å². The van der Waals surface area contributed by atoms with E-state index in [4.69, 9.17) is 32.3 Å². The number of hydrogen-bond donors (Lipinski definition) is 4. The molecule has 5 unspecified atom stereocenters. The van der Waals surface area contributed by atoms with Gasteiger partial charge in [-0.3, -0.25) is 32.5 Å². The first kappa shape index (κ1) is 111. The lowest BCUT2D eigenvalue weighted by atomic mass is 10.0. The number of aliphatic hydroxyl groups excluding tert-OH is 2. The third-order valence-corrected chi connectivity index (χ3v) is 20.1. The van der Waals surface area contributed by atoms with Crippen LogP contribution in [0, 0.1) is 0 Å². The van der Waals surface area contributed by atoms with Crippen LogP contribution in [0.5, 0.6) is 0 Å². The zero-order chi connectivity index (χ0) is 85.1. The van der Waals surface area contributed by atoms with Gasteiger partial charge in [0.2, 0.25) is 0 Å². The van der Waals surface area contributed by atoms with Crippen molar-refractivity contribution in [1.29, 1.82) is 0 Å². The molecule has 0 radical (unpaired) electrons. The van der Waals surface area contributed by atoms with E-state index in [1.807, 2.05) is 0 Å². The van der Waals surface area contributed by atoms with Gasteiger partial charge in [0.15, 0.2) is 6.10 Å². The maximum atomic E-state index is 13.0. The highest BCUT2D eigenvalue weighted by atomic mass is 31.2. The predicted octanol–water partition coefficient (Wildman–Crippen LogP) is 27.8. The Hall–Kier alpha value is -6.13. The Balaban J connectivity index is 4.62. The number of phosphoric ester groups is 2. The fourth-order valence-electron chi connectivity index (χ4n) is 11.5. The second-order valence-corrected chi connectivity index (χ2v) is 32.2. The van der Waals surface area contributed by atoms with Crippen molar-refractivity contribution in [1.82, 2.24) is 0 Å². The Morgan fingerprint density at radius 3 is 0.675 bits per heavy atom. The third kappa shape index (κ3) is 90.5. The van der Waals surface area contributed by atoms with Crippen LogP contribution < -0.4 is 0 Å². The summed E-state index contributed by atoms with van der Waals surface area (Å²) in [5.41, 5.74) is 0. The molecule has 0 rings (SSSR count). The Labute approximate surface area is 711 Å². The number of allylic oxidation sites excluding steroid dienone is 36. The zero-order valence-electron chi connectivity index (χ0n) is 72.8. The first-order chi connectivity index (χ1) is 57.2. The molecule has 5 atom stereocenters. The number of hydrogen-bond acceptors (Lipinski definition) is 14. The molecule has 0 aromatic rings. The van der Waals surface area contributed by atoms with Gasteiger partial charge in [-0.15, -0.1) is 0 Å². The van der Waals surface area contributed by atoms with Crippen molar-refractivity contribution in [2.45, 2.75) is 347 Å². The van der Waals surface area contributed by atoms with E-state index in [0.29, 0.717) is 19.3 Å². The number of aliphatic hydroxyl groups is 2. The highest BCUT2D eigenvalue weighted by Gasteiger charge is 2.29. The first-order valence-electron chi connectivity index (χ1n) is 45.0. The van der Waals surface area contributed by atoms with Gasteiger partial charge in [-0.05, 0) is 173 Å². The van der Waals surface area contributed by atoms with Crippen molar-refractivity contribution >= 4 is 33.6 Å². The van der Waals surface area contributed by atoms with Gasteiger partial charge in [-0.2, -0.15) is 0 Å². The summed E-state index contributed by atoms with van der Waals surface area (Å²) in [6.07, 6.45) is 121. The number of unbranched alkanes of at least 4 members (excludes halogenated alkanes) is 24. The highest BCUT2D eigenvalue weighted by Crippen LogP contribution is 2.45. The molecule has 0 bridgehead atoms. The lowest BCUT2D eigenvalue weighted by molar-refractivity contribution is -0.161. The van der Waals surface area contributed by atoms with Crippen molar-refractivity contribution in [2.24, 2.45) is 0 Å². The number of carbonyl (C=O) groups is 3. The molecule has 0 aromatic carbocycles. The zero-order valence-corrected chi connectivity index (χ0v) is 74.6. The van der Waals surface area contributed by atoms with Crippen molar-refractivity contribution in [2.75, 3.05) is 39.6 Å². The summed E-state index contributed by atoms with van der Waals surface area (Å²) in [4.78, 5) is 58.9. The molecule has 0 fully saturated rings. The molecule has 4 N–H and O–H groups in total. The van der Waals surface area contributed by atoms with Crippen LogP contribution in [0.25, 0.3) is 0 Å². The van der Waals surface area contributed by atoms with Crippen molar-refractivity contribution < 1.29 is 75.8 Å². The molecule has 16 nitrogen and oxygen atoms in total. The van der Waals surface area contributed by atoms with Gasteiger partial charge in [-0.1, -0.05) is 355 Å². The van der Waals surface area contributed by atoms with Gasteiger partial charge in [0.25, 0.3) is 0 Å². The number of ether oxygens (including phenoxy) is 3. The summed E-state index contributed by atoms with van der Waals surface area (Å²) in [5, 5.41) is 20.7. The largest absolute Gasteiger partial charge is 0.472 e. The Kier molecular flexibility index (Phi) is 84.5. The minimum Gasteiger partial charge on any atom is -0.463 e. The maximum Gasteiger partial charge on any atom is 0.472 e. The van der Waals surface area contributed by atoms with E-state index >= 15 is 0 Å². The van der Waals surface area contributed by atoms with Crippen LogP contribution in [0.2, 0.25) is 0 Å². The Morgan fingerprint density at radius 1 is 0.239 bits per heavy atom. The van der Waals surface area contributed by atoms with Gasteiger partial charge in [0.05, 0.1) is 26.4 Å². The van der Waals surface area contributed by atoms with Gasteiger partial charge in [0.1, 0.15) is 25.4 Å². The average Bonchev–Trinajstić information content (AvgIpc) is 0.904. The Morgan fingerprint density at radius 2 is 0.427 bits per heavy atom. The summed E-state index contributed by atoms with van der Waals surface area (Å²) >= 11 is 0. The molecule has 0 spiro atoms. The predicted molar refractivity (Wildman–Crippen MR) is 490 cm³/mol. The van der Waals surface area contributed by atoms with Crippen LogP contribution in [-0.4, -0.2) is 95.9 Å². The summed E-state index contributed by atoms with van der Waals surface area (Å²) in [7, 11) is -9.84. The normalized spacial score (nSPS) is 14.8. The topological polar surface area (TPSA) is 231 Å². The van der Waals surface area contributed by atoms with Gasteiger partial charge in [-0.25, -0.2) is 9.13 Å². The van der Waals surface area contributed by atoms with Gasteiger partial charge in [0, 0.05) is 19.3 Å². The molecular formula is C99H160O16P2. The summed E-state index contributed by atoms with van der Waals surface area (Å²) in [6, 6.07) is 0. The van der Waals surface area contributed by atoms with Crippen LogP contribution >= 0.6 is 15.6 Å². The van der Waals surface area contributed by atoms with Crippen LogP contribution in [0.1, 0.15) is 329 Å². The molecule has 662 valence electrons. The van der Waals surface area contributed by atoms with Crippen LogP contribution in [-0.2, 0) is 55.8 Å².